The third-order valence-corrected chi connectivity index (χ3v) is 4.38. The van der Waals surface area contributed by atoms with E-state index in [4.69, 9.17) is 16.6 Å². The van der Waals surface area contributed by atoms with Crippen molar-refractivity contribution in [1.82, 2.24) is 15.1 Å². The molecule has 1 saturated heterocycles. The van der Waals surface area contributed by atoms with Crippen LogP contribution < -0.4 is 5.32 Å². The fourth-order valence-corrected chi connectivity index (χ4v) is 2.88. The summed E-state index contributed by atoms with van der Waals surface area (Å²) in [4.78, 5) is 4.54. The molecule has 3 rings (SSSR count). The van der Waals surface area contributed by atoms with E-state index in [1.54, 1.807) is 18.4 Å². The monoisotopic (exact) mass is 333 g/mol. The molecule has 0 unspecified atom stereocenters. The third-order valence-electron chi connectivity index (χ3n) is 3.98. The lowest BCUT2D eigenvalue weighted by Crippen LogP contribution is -2.51. The van der Waals surface area contributed by atoms with Gasteiger partial charge in [-0.3, -0.25) is 4.90 Å². The van der Waals surface area contributed by atoms with Gasteiger partial charge in [-0.2, -0.15) is 0 Å². The summed E-state index contributed by atoms with van der Waals surface area (Å²) in [6.45, 7) is 5.17. The highest BCUT2D eigenvalue weighted by Crippen LogP contribution is 2.09. The molecule has 1 aromatic heterocycles. The summed E-state index contributed by atoms with van der Waals surface area (Å²) >= 11 is 5.46. The molecule has 0 atom stereocenters. The van der Waals surface area contributed by atoms with Gasteiger partial charge in [0.05, 0.1) is 12.8 Å². The highest BCUT2D eigenvalue weighted by molar-refractivity contribution is 7.80. The summed E-state index contributed by atoms with van der Waals surface area (Å²) in [5, 5.41) is 4.00. The van der Waals surface area contributed by atoms with Crippen LogP contribution in [0.5, 0.6) is 0 Å². The van der Waals surface area contributed by atoms with E-state index in [2.05, 4.69) is 15.1 Å². The van der Waals surface area contributed by atoms with E-state index in [0.29, 0.717) is 6.54 Å². The molecule has 1 fully saturated rings. The summed E-state index contributed by atoms with van der Waals surface area (Å²) in [6, 6.07) is 10.4. The lowest BCUT2D eigenvalue weighted by molar-refractivity contribution is 0.164. The third kappa shape index (κ3) is 4.53. The minimum Gasteiger partial charge on any atom is -0.468 e. The lowest BCUT2D eigenvalue weighted by atomic mass is 10.2. The molecule has 1 aliphatic heterocycles. The van der Waals surface area contributed by atoms with Crippen molar-refractivity contribution in [2.45, 2.75) is 13.1 Å². The first-order chi connectivity index (χ1) is 11.2. The maximum atomic E-state index is 12.9. The van der Waals surface area contributed by atoms with Crippen LogP contribution in [0.25, 0.3) is 0 Å². The highest BCUT2D eigenvalue weighted by atomic mass is 32.1. The van der Waals surface area contributed by atoms with Crippen LogP contribution in [0, 0.1) is 5.82 Å². The first kappa shape index (κ1) is 16.0. The zero-order valence-electron chi connectivity index (χ0n) is 12.9. The Kier molecular flexibility index (Phi) is 5.25. The SMILES string of the molecule is Fc1ccc(CNC(=S)N2CCN(Cc3ccco3)CC2)cc1. The maximum absolute atomic E-state index is 12.9. The largest absolute Gasteiger partial charge is 0.468 e. The number of rotatable bonds is 4. The molecular formula is C17H20FN3OS. The van der Waals surface area contributed by atoms with Crippen molar-refractivity contribution < 1.29 is 8.81 Å². The van der Waals surface area contributed by atoms with Crippen LogP contribution in [0.2, 0.25) is 0 Å². The number of halogens is 1. The standard InChI is InChI=1S/C17H20FN3OS/c18-15-5-3-14(4-6-15)12-19-17(23)21-9-7-20(8-10-21)13-16-2-1-11-22-16/h1-6,11H,7-10,12-13H2,(H,19,23). The molecule has 0 saturated carbocycles. The number of thiocarbonyl (C=S) groups is 1. The Bertz CT molecular complexity index is 622. The predicted molar refractivity (Wildman–Crippen MR) is 91.4 cm³/mol. The molecule has 1 aromatic carbocycles. The number of nitrogens with one attached hydrogen (secondary N) is 1. The van der Waals surface area contributed by atoms with Crippen molar-refractivity contribution in [3.05, 3.63) is 59.8 Å². The number of benzene rings is 1. The Labute approximate surface area is 140 Å². The number of hydrogen-bond donors (Lipinski definition) is 1. The van der Waals surface area contributed by atoms with E-state index in [9.17, 15) is 4.39 Å². The molecule has 23 heavy (non-hydrogen) atoms. The van der Waals surface area contributed by atoms with Crippen molar-refractivity contribution in [3.63, 3.8) is 0 Å². The topological polar surface area (TPSA) is 31.6 Å². The molecule has 0 bridgehead atoms. The summed E-state index contributed by atoms with van der Waals surface area (Å²) in [5.74, 6) is 0.777. The molecule has 0 amide bonds. The fraction of sp³-hybridized carbons (Fsp3) is 0.353. The summed E-state index contributed by atoms with van der Waals surface area (Å²) in [6.07, 6.45) is 1.71. The van der Waals surface area contributed by atoms with Gasteiger partial charge in [-0.25, -0.2) is 4.39 Å². The number of nitrogens with zero attached hydrogens (tertiary/aromatic N) is 2. The first-order valence-corrected chi connectivity index (χ1v) is 8.13. The molecule has 6 heteroatoms. The van der Waals surface area contributed by atoms with Crippen LogP contribution in [0.4, 0.5) is 4.39 Å². The van der Waals surface area contributed by atoms with Crippen LogP contribution in [0.1, 0.15) is 11.3 Å². The smallest absolute Gasteiger partial charge is 0.169 e. The molecule has 2 heterocycles. The van der Waals surface area contributed by atoms with Gasteiger partial charge in [0.1, 0.15) is 11.6 Å². The van der Waals surface area contributed by atoms with Crippen LogP contribution in [0.3, 0.4) is 0 Å². The Morgan fingerprint density at radius 3 is 2.52 bits per heavy atom. The molecule has 0 spiro atoms. The minimum absolute atomic E-state index is 0.219. The van der Waals surface area contributed by atoms with Gasteiger partial charge < -0.3 is 14.6 Å². The Hall–Kier alpha value is -1.92. The van der Waals surface area contributed by atoms with Gasteiger partial charge in [-0.1, -0.05) is 12.1 Å². The lowest BCUT2D eigenvalue weighted by Gasteiger charge is -2.35. The molecule has 1 N–H and O–H groups in total. The number of hydrogen-bond acceptors (Lipinski definition) is 3. The van der Waals surface area contributed by atoms with Crippen LogP contribution in [0.15, 0.2) is 47.1 Å². The molecular weight excluding hydrogens is 313 g/mol. The second-order valence-electron chi connectivity index (χ2n) is 5.63. The number of furan rings is 1. The molecule has 122 valence electrons. The second-order valence-corrected chi connectivity index (χ2v) is 6.01. The quantitative estimate of drug-likeness (QED) is 0.870. The van der Waals surface area contributed by atoms with E-state index < -0.39 is 0 Å². The van der Waals surface area contributed by atoms with Crippen LogP contribution in [-0.4, -0.2) is 41.1 Å². The van der Waals surface area contributed by atoms with E-state index in [1.807, 2.05) is 12.1 Å². The van der Waals surface area contributed by atoms with E-state index >= 15 is 0 Å². The predicted octanol–water partition coefficient (Wildman–Crippen LogP) is 2.61. The second kappa shape index (κ2) is 7.57. The highest BCUT2D eigenvalue weighted by Gasteiger charge is 2.19. The van der Waals surface area contributed by atoms with Crippen molar-refractivity contribution >= 4 is 17.3 Å². The summed E-state index contributed by atoms with van der Waals surface area (Å²) < 4.78 is 18.3. The number of piperazine rings is 1. The molecule has 0 aliphatic carbocycles. The van der Waals surface area contributed by atoms with Crippen molar-refractivity contribution in [2.24, 2.45) is 0 Å². The van der Waals surface area contributed by atoms with Crippen LogP contribution in [-0.2, 0) is 13.1 Å². The molecule has 0 radical (unpaired) electrons. The average Bonchev–Trinajstić information content (AvgIpc) is 3.08. The normalized spacial score (nSPS) is 15.6. The zero-order valence-corrected chi connectivity index (χ0v) is 13.7. The molecule has 4 nitrogen and oxygen atoms in total. The van der Waals surface area contributed by atoms with E-state index in [0.717, 1.165) is 49.2 Å². The molecule has 1 aliphatic rings. The Morgan fingerprint density at radius 2 is 1.87 bits per heavy atom. The van der Waals surface area contributed by atoms with Crippen molar-refractivity contribution in [2.75, 3.05) is 26.2 Å². The van der Waals surface area contributed by atoms with Crippen molar-refractivity contribution in [3.8, 4) is 0 Å². The van der Waals surface area contributed by atoms with Gasteiger partial charge in [0, 0.05) is 32.7 Å². The summed E-state index contributed by atoms with van der Waals surface area (Å²) in [5.41, 5.74) is 1.02. The Morgan fingerprint density at radius 1 is 1.13 bits per heavy atom. The van der Waals surface area contributed by atoms with Gasteiger partial charge in [-0.15, -0.1) is 0 Å². The van der Waals surface area contributed by atoms with Gasteiger partial charge in [-0.05, 0) is 42.0 Å². The van der Waals surface area contributed by atoms with E-state index in [-0.39, 0.29) is 5.82 Å². The van der Waals surface area contributed by atoms with Gasteiger partial charge in [0.25, 0.3) is 0 Å². The fourth-order valence-electron chi connectivity index (χ4n) is 2.62. The maximum Gasteiger partial charge on any atom is 0.169 e. The first-order valence-electron chi connectivity index (χ1n) is 7.73. The zero-order chi connectivity index (χ0) is 16.1. The van der Waals surface area contributed by atoms with Gasteiger partial charge >= 0.3 is 0 Å². The molecule has 2 aromatic rings. The van der Waals surface area contributed by atoms with E-state index in [1.165, 1.54) is 12.1 Å². The van der Waals surface area contributed by atoms with Crippen LogP contribution >= 0.6 is 12.2 Å². The van der Waals surface area contributed by atoms with Gasteiger partial charge in [0.2, 0.25) is 0 Å². The summed E-state index contributed by atoms with van der Waals surface area (Å²) in [7, 11) is 0. The Balaban J connectivity index is 1.42. The average molecular weight is 333 g/mol. The van der Waals surface area contributed by atoms with Crippen molar-refractivity contribution in [1.29, 1.82) is 0 Å². The minimum atomic E-state index is -0.219. The van der Waals surface area contributed by atoms with Gasteiger partial charge in [0.15, 0.2) is 5.11 Å².